The van der Waals surface area contributed by atoms with Gasteiger partial charge in [-0.25, -0.2) is 14.4 Å². The van der Waals surface area contributed by atoms with Gasteiger partial charge in [0.2, 0.25) is 0 Å². The summed E-state index contributed by atoms with van der Waals surface area (Å²) in [6, 6.07) is 8.00. The molecule has 0 aliphatic heterocycles. The summed E-state index contributed by atoms with van der Waals surface area (Å²) >= 11 is 0. The highest BCUT2D eigenvalue weighted by Crippen LogP contribution is 2.22. The molecule has 3 rings (SSSR count). The standard InChI is InChI=1S/C16H16FN5O/c1-22(2)16-15(18-6-7-19-16)20-10-13-9-14(21-23-13)11-4-3-5-12(17)8-11/h3-9H,10H2,1-2H3,(H,18,20). The summed E-state index contributed by atoms with van der Waals surface area (Å²) in [7, 11) is 3.79. The summed E-state index contributed by atoms with van der Waals surface area (Å²) < 4.78 is 18.5. The van der Waals surface area contributed by atoms with Gasteiger partial charge in [0.15, 0.2) is 17.4 Å². The van der Waals surface area contributed by atoms with E-state index >= 15 is 0 Å². The lowest BCUT2D eigenvalue weighted by Gasteiger charge is -2.14. The summed E-state index contributed by atoms with van der Waals surface area (Å²) in [5.41, 5.74) is 1.27. The molecule has 1 N–H and O–H groups in total. The van der Waals surface area contributed by atoms with Crippen LogP contribution in [0, 0.1) is 5.82 Å². The molecule has 7 heteroatoms. The Morgan fingerprint density at radius 3 is 2.78 bits per heavy atom. The Kier molecular flexibility index (Phi) is 4.18. The Balaban J connectivity index is 1.73. The molecule has 0 fully saturated rings. The first kappa shape index (κ1) is 15.0. The van der Waals surface area contributed by atoms with Crippen LogP contribution in [0.15, 0.2) is 47.2 Å². The van der Waals surface area contributed by atoms with Crippen LogP contribution >= 0.6 is 0 Å². The van der Waals surface area contributed by atoms with E-state index in [1.165, 1.54) is 12.1 Å². The van der Waals surface area contributed by atoms with E-state index in [0.29, 0.717) is 29.4 Å². The van der Waals surface area contributed by atoms with Gasteiger partial charge in [0.1, 0.15) is 11.5 Å². The first-order valence-electron chi connectivity index (χ1n) is 7.07. The van der Waals surface area contributed by atoms with Crippen molar-refractivity contribution in [1.82, 2.24) is 15.1 Å². The average Bonchev–Trinajstić information content (AvgIpc) is 3.02. The molecule has 0 saturated carbocycles. The SMILES string of the molecule is CN(C)c1nccnc1NCc1cc(-c2cccc(F)c2)no1. The van der Waals surface area contributed by atoms with E-state index < -0.39 is 0 Å². The molecular weight excluding hydrogens is 297 g/mol. The maximum absolute atomic E-state index is 13.3. The fourth-order valence-electron chi connectivity index (χ4n) is 2.13. The number of hydrogen-bond donors (Lipinski definition) is 1. The third-order valence-electron chi connectivity index (χ3n) is 3.21. The van der Waals surface area contributed by atoms with Crippen LogP contribution in [0.4, 0.5) is 16.0 Å². The van der Waals surface area contributed by atoms with Crippen LogP contribution in [0.3, 0.4) is 0 Å². The highest BCUT2D eigenvalue weighted by atomic mass is 19.1. The van der Waals surface area contributed by atoms with E-state index in [9.17, 15) is 4.39 Å². The van der Waals surface area contributed by atoms with Gasteiger partial charge in [-0.05, 0) is 12.1 Å². The maximum atomic E-state index is 13.3. The lowest BCUT2D eigenvalue weighted by molar-refractivity contribution is 0.390. The zero-order valence-electron chi connectivity index (χ0n) is 12.8. The van der Waals surface area contributed by atoms with Crippen molar-refractivity contribution in [3.05, 3.63) is 54.3 Å². The lowest BCUT2D eigenvalue weighted by Crippen LogP contribution is -2.14. The number of aromatic nitrogens is 3. The van der Waals surface area contributed by atoms with Crippen molar-refractivity contribution in [3.63, 3.8) is 0 Å². The zero-order chi connectivity index (χ0) is 16.2. The number of benzene rings is 1. The van der Waals surface area contributed by atoms with Crippen molar-refractivity contribution >= 4 is 11.6 Å². The molecule has 0 radical (unpaired) electrons. The summed E-state index contributed by atoms with van der Waals surface area (Å²) in [5, 5.41) is 7.13. The van der Waals surface area contributed by atoms with Gasteiger partial charge in [0, 0.05) is 38.1 Å². The Bertz CT molecular complexity index is 802. The highest BCUT2D eigenvalue weighted by Gasteiger charge is 2.10. The molecule has 6 nitrogen and oxygen atoms in total. The normalized spacial score (nSPS) is 10.6. The summed E-state index contributed by atoms with van der Waals surface area (Å²) in [6.45, 7) is 0.405. The van der Waals surface area contributed by atoms with Gasteiger partial charge < -0.3 is 14.7 Å². The molecule has 0 saturated heterocycles. The topological polar surface area (TPSA) is 67.1 Å². The van der Waals surface area contributed by atoms with Gasteiger partial charge in [-0.15, -0.1) is 0 Å². The predicted octanol–water partition coefficient (Wildman–Crippen LogP) is 2.95. The van der Waals surface area contributed by atoms with Crippen LogP contribution in [0.25, 0.3) is 11.3 Å². The van der Waals surface area contributed by atoms with Crippen molar-refractivity contribution in [2.24, 2.45) is 0 Å². The van der Waals surface area contributed by atoms with Crippen LogP contribution < -0.4 is 10.2 Å². The van der Waals surface area contributed by atoms with E-state index in [0.717, 1.165) is 5.82 Å². The molecule has 0 spiro atoms. The van der Waals surface area contributed by atoms with Gasteiger partial charge in [-0.2, -0.15) is 0 Å². The van der Waals surface area contributed by atoms with Gasteiger partial charge in [-0.3, -0.25) is 0 Å². The molecule has 2 heterocycles. The minimum atomic E-state index is -0.305. The number of anilines is 2. The average molecular weight is 313 g/mol. The van der Waals surface area contributed by atoms with Crippen LogP contribution in [0.2, 0.25) is 0 Å². The minimum absolute atomic E-state index is 0.305. The largest absolute Gasteiger partial charge is 0.360 e. The van der Waals surface area contributed by atoms with Crippen LogP contribution in [-0.2, 0) is 6.54 Å². The molecule has 0 bridgehead atoms. The Labute approximate surface area is 133 Å². The van der Waals surface area contributed by atoms with Gasteiger partial charge in [-0.1, -0.05) is 17.3 Å². The smallest absolute Gasteiger partial charge is 0.171 e. The predicted molar refractivity (Wildman–Crippen MR) is 85.6 cm³/mol. The molecule has 0 aliphatic carbocycles. The monoisotopic (exact) mass is 313 g/mol. The van der Waals surface area contributed by atoms with Crippen LogP contribution in [0.5, 0.6) is 0 Å². The molecule has 3 aromatic rings. The van der Waals surface area contributed by atoms with Gasteiger partial charge >= 0.3 is 0 Å². The molecule has 118 valence electrons. The van der Waals surface area contributed by atoms with E-state index in [-0.39, 0.29) is 5.82 Å². The molecule has 23 heavy (non-hydrogen) atoms. The second-order valence-corrected chi connectivity index (χ2v) is 5.17. The fraction of sp³-hybridized carbons (Fsp3) is 0.188. The number of nitrogens with zero attached hydrogens (tertiary/aromatic N) is 4. The Morgan fingerprint density at radius 1 is 1.17 bits per heavy atom. The van der Waals surface area contributed by atoms with Crippen LogP contribution in [-0.4, -0.2) is 29.2 Å². The molecule has 1 aromatic carbocycles. The molecule has 0 atom stereocenters. The van der Waals surface area contributed by atoms with Crippen LogP contribution in [0.1, 0.15) is 5.76 Å². The second kappa shape index (κ2) is 6.43. The molecule has 2 aromatic heterocycles. The van der Waals surface area contributed by atoms with Crippen molar-refractivity contribution in [2.45, 2.75) is 6.54 Å². The van der Waals surface area contributed by atoms with Gasteiger partial charge in [0.05, 0.1) is 6.54 Å². The minimum Gasteiger partial charge on any atom is -0.360 e. The number of nitrogens with one attached hydrogen (secondary N) is 1. The zero-order valence-corrected chi connectivity index (χ0v) is 12.8. The van der Waals surface area contributed by atoms with Crippen molar-refractivity contribution in [2.75, 3.05) is 24.3 Å². The van der Waals surface area contributed by atoms with E-state index in [1.54, 1.807) is 30.6 Å². The van der Waals surface area contributed by atoms with E-state index in [4.69, 9.17) is 4.52 Å². The molecule has 0 unspecified atom stereocenters. The number of halogens is 1. The Morgan fingerprint density at radius 2 is 2.00 bits per heavy atom. The summed E-state index contributed by atoms with van der Waals surface area (Å²) in [4.78, 5) is 10.4. The Hall–Kier alpha value is -2.96. The first-order valence-corrected chi connectivity index (χ1v) is 7.07. The maximum Gasteiger partial charge on any atom is 0.171 e. The third-order valence-corrected chi connectivity index (χ3v) is 3.21. The summed E-state index contributed by atoms with van der Waals surface area (Å²) in [6.07, 6.45) is 3.25. The first-order chi connectivity index (χ1) is 11.1. The lowest BCUT2D eigenvalue weighted by atomic mass is 10.1. The number of rotatable bonds is 5. The van der Waals surface area contributed by atoms with Crippen molar-refractivity contribution in [1.29, 1.82) is 0 Å². The number of hydrogen-bond acceptors (Lipinski definition) is 6. The quantitative estimate of drug-likeness (QED) is 0.781. The highest BCUT2D eigenvalue weighted by molar-refractivity contribution is 5.61. The second-order valence-electron chi connectivity index (χ2n) is 5.17. The third kappa shape index (κ3) is 3.45. The summed E-state index contributed by atoms with van der Waals surface area (Å²) in [5.74, 6) is 1.71. The van der Waals surface area contributed by atoms with Crippen molar-refractivity contribution in [3.8, 4) is 11.3 Å². The molecule has 0 amide bonds. The van der Waals surface area contributed by atoms with E-state index in [1.807, 2.05) is 19.0 Å². The van der Waals surface area contributed by atoms with Gasteiger partial charge in [0.25, 0.3) is 0 Å². The van der Waals surface area contributed by atoms with Crippen molar-refractivity contribution < 1.29 is 8.91 Å². The molecular formula is C16H16FN5O. The molecule has 0 aliphatic rings. The fourth-order valence-corrected chi connectivity index (χ4v) is 2.13. The van der Waals surface area contributed by atoms with E-state index in [2.05, 4.69) is 20.4 Å².